The number of fused-ring (bicyclic) bond motifs is 1. The third kappa shape index (κ3) is 4.75. The topological polar surface area (TPSA) is 85.5 Å². The van der Waals surface area contributed by atoms with Gasteiger partial charge in [0, 0.05) is 51.4 Å². The van der Waals surface area contributed by atoms with Crippen LogP contribution in [0.15, 0.2) is 77.8 Å². The quantitative estimate of drug-likeness (QED) is 0.148. The molecule has 0 radical (unpaired) electrons. The van der Waals surface area contributed by atoms with Crippen molar-refractivity contribution in [2.75, 3.05) is 0 Å². The highest BCUT2D eigenvalue weighted by Gasteiger charge is 2.35. The van der Waals surface area contributed by atoms with E-state index in [1.165, 1.54) is 12.1 Å². The number of imide groups is 1. The van der Waals surface area contributed by atoms with Crippen LogP contribution in [0.1, 0.15) is 16.7 Å². The van der Waals surface area contributed by atoms with Crippen LogP contribution in [-0.2, 0) is 17.9 Å². The SMILES string of the molecule is O=C1S/C(=C\c2cn(Cc3ccc(Cl)cc3Cl)c3ccccc23)C(=O)N1Cc1ccc([N+](=O)[O-])cc1. The van der Waals surface area contributed by atoms with Gasteiger partial charge in [-0.25, -0.2) is 0 Å². The number of carbonyl (C=O) groups excluding carboxylic acids is 2. The van der Waals surface area contributed by atoms with Crippen LogP contribution in [0.2, 0.25) is 10.0 Å². The summed E-state index contributed by atoms with van der Waals surface area (Å²) in [7, 11) is 0. The molecule has 0 unspecified atom stereocenters. The zero-order chi connectivity index (χ0) is 25.4. The molecule has 10 heteroatoms. The first-order valence-corrected chi connectivity index (χ1v) is 12.4. The number of nitrogens with zero attached hydrogens (tertiary/aromatic N) is 3. The minimum Gasteiger partial charge on any atom is -0.342 e. The number of halogens is 2. The Hall–Kier alpha value is -3.59. The van der Waals surface area contributed by atoms with E-state index in [4.69, 9.17) is 23.2 Å². The summed E-state index contributed by atoms with van der Waals surface area (Å²) in [5.41, 5.74) is 3.23. The first-order chi connectivity index (χ1) is 17.3. The van der Waals surface area contributed by atoms with Crippen molar-refractivity contribution in [3.8, 4) is 0 Å². The fourth-order valence-corrected chi connectivity index (χ4v) is 5.34. The molecule has 5 rings (SSSR count). The van der Waals surface area contributed by atoms with E-state index in [1.54, 1.807) is 30.3 Å². The number of nitro groups is 1. The number of hydrogen-bond donors (Lipinski definition) is 0. The summed E-state index contributed by atoms with van der Waals surface area (Å²) < 4.78 is 2.04. The Morgan fingerprint density at radius 3 is 2.44 bits per heavy atom. The van der Waals surface area contributed by atoms with E-state index >= 15 is 0 Å². The van der Waals surface area contributed by atoms with Gasteiger partial charge in [-0.15, -0.1) is 0 Å². The fourth-order valence-electron chi connectivity index (χ4n) is 4.04. The van der Waals surface area contributed by atoms with E-state index in [1.807, 2.05) is 41.1 Å². The molecular formula is C26H17Cl2N3O4S. The van der Waals surface area contributed by atoms with Gasteiger partial charge >= 0.3 is 0 Å². The number of aromatic nitrogens is 1. The van der Waals surface area contributed by atoms with Crippen molar-refractivity contribution in [2.24, 2.45) is 0 Å². The molecule has 0 aliphatic carbocycles. The summed E-state index contributed by atoms with van der Waals surface area (Å²) in [6, 6.07) is 19.0. The van der Waals surface area contributed by atoms with Crippen LogP contribution in [0.3, 0.4) is 0 Å². The summed E-state index contributed by atoms with van der Waals surface area (Å²) in [4.78, 5) is 37.5. The van der Waals surface area contributed by atoms with Crippen molar-refractivity contribution in [1.29, 1.82) is 0 Å². The summed E-state index contributed by atoms with van der Waals surface area (Å²) >= 11 is 13.3. The third-order valence-electron chi connectivity index (χ3n) is 5.82. The highest BCUT2D eigenvalue weighted by atomic mass is 35.5. The number of nitro benzene ring substituents is 1. The molecule has 1 aromatic heterocycles. The Morgan fingerprint density at radius 1 is 0.972 bits per heavy atom. The molecule has 180 valence electrons. The van der Waals surface area contributed by atoms with E-state index in [-0.39, 0.29) is 17.5 Å². The van der Waals surface area contributed by atoms with E-state index in [9.17, 15) is 19.7 Å². The first kappa shape index (κ1) is 24.1. The molecule has 0 bridgehead atoms. The molecule has 1 aliphatic rings. The number of non-ortho nitro benzene ring substituents is 1. The molecule has 1 saturated heterocycles. The summed E-state index contributed by atoms with van der Waals surface area (Å²) in [6.45, 7) is 0.544. The van der Waals surface area contributed by atoms with E-state index in [0.717, 1.165) is 38.7 Å². The maximum atomic E-state index is 13.1. The van der Waals surface area contributed by atoms with Crippen LogP contribution < -0.4 is 0 Å². The van der Waals surface area contributed by atoms with Gasteiger partial charge in [-0.2, -0.15) is 0 Å². The second-order valence-corrected chi connectivity index (χ2v) is 9.99. The molecule has 7 nitrogen and oxygen atoms in total. The van der Waals surface area contributed by atoms with Gasteiger partial charge in [0.25, 0.3) is 16.8 Å². The van der Waals surface area contributed by atoms with E-state index in [2.05, 4.69) is 0 Å². The number of hydrogen-bond acceptors (Lipinski definition) is 5. The summed E-state index contributed by atoms with van der Waals surface area (Å²) in [6.07, 6.45) is 3.66. The zero-order valence-corrected chi connectivity index (χ0v) is 20.9. The molecule has 0 atom stereocenters. The van der Waals surface area contributed by atoms with Gasteiger partial charge in [0.05, 0.1) is 16.4 Å². The lowest BCUT2D eigenvalue weighted by molar-refractivity contribution is -0.384. The van der Waals surface area contributed by atoms with Crippen LogP contribution in [-0.4, -0.2) is 25.5 Å². The van der Waals surface area contributed by atoms with Crippen LogP contribution in [0, 0.1) is 10.1 Å². The van der Waals surface area contributed by atoms with Crippen molar-refractivity contribution in [2.45, 2.75) is 13.1 Å². The first-order valence-electron chi connectivity index (χ1n) is 10.8. The molecule has 0 N–H and O–H groups in total. The second kappa shape index (κ2) is 9.81. The number of amides is 2. The smallest absolute Gasteiger partial charge is 0.293 e. The van der Waals surface area contributed by atoms with Crippen LogP contribution >= 0.6 is 35.0 Å². The van der Waals surface area contributed by atoms with E-state index in [0.29, 0.717) is 27.1 Å². The average molecular weight is 538 g/mol. The van der Waals surface area contributed by atoms with Crippen molar-refractivity contribution in [3.05, 3.63) is 115 Å². The zero-order valence-electron chi connectivity index (χ0n) is 18.6. The lowest BCUT2D eigenvalue weighted by Gasteiger charge is -2.12. The van der Waals surface area contributed by atoms with Crippen LogP contribution in [0.25, 0.3) is 17.0 Å². The standard InChI is InChI=1S/C26H17Cl2N3O4S/c27-19-8-7-17(22(28)12-19)14-29-15-18(21-3-1-2-4-23(21)29)11-24-25(32)30(26(33)36-24)13-16-5-9-20(10-6-16)31(34)35/h1-12,15H,13-14H2/b24-11-. The van der Waals surface area contributed by atoms with Crippen molar-refractivity contribution >= 4 is 68.8 Å². The van der Waals surface area contributed by atoms with Crippen molar-refractivity contribution in [1.82, 2.24) is 9.47 Å². The predicted molar refractivity (Wildman–Crippen MR) is 142 cm³/mol. The minimum atomic E-state index is -0.496. The van der Waals surface area contributed by atoms with Gasteiger partial charge < -0.3 is 4.57 Å². The summed E-state index contributed by atoms with van der Waals surface area (Å²) in [5.74, 6) is -0.402. The van der Waals surface area contributed by atoms with Gasteiger partial charge in [0.15, 0.2) is 0 Å². The number of thioether (sulfide) groups is 1. The van der Waals surface area contributed by atoms with Crippen molar-refractivity contribution in [3.63, 3.8) is 0 Å². The maximum absolute atomic E-state index is 13.1. The molecule has 2 amide bonds. The van der Waals surface area contributed by atoms with Gasteiger partial charge in [-0.3, -0.25) is 24.6 Å². The average Bonchev–Trinajstić information content (AvgIpc) is 3.33. The Labute approximate surface area is 220 Å². The lowest BCUT2D eigenvalue weighted by Crippen LogP contribution is -2.27. The minimum absolute atomic E-state index is 0.0385. The Morgan fingerprint density at radius 2 is 1.72 bits per heavy atom. The third-order valence-corrected chi connectivity index (χ3v) is 7.32. The predicted octanol–water partition coefficient (Wildman–Crippen LogP) is 7.14. The van der Waals surface area contributed by atoms with Crippen LogP contribution in [0.5, 0.6) is 0 Å². The highest BCUT2D eigenvalue weighted by molar-refractivity contribution is 8.18. The van der Waals surface area contributed by atoms with Gasteiger partial charge in [0.2, 0.25) is 0 Å². The van der Waals surface area contributed by atoms with Gasteiger partial charge in [-0.05, 0) is 47.2 Å². The Kier molecular flexibility index (Phi) is 6.57. The van der Waals surface area contributed by atoms with Crippen LogP contribution in [0.4, 0.5) is 10.5 Å². The maximum Gasteiger partial charge on any atom is 0.293 e. The molecule has 0 spiro atoms. The molecule has 1 aliphatic heterocycles. The molecular weight excluding hydrogens is 521 g/mol. The molecule has 36 heavy (non-hydrogen) atoms. The van der Waals surface area contributed by atoms with Crippen molar-refractivity contribution < 1.29 is 14.5 Å². The lowest BCUT2D eigenvalue weighted by atomic mass is 10.1. The second-order valence-electron chi connectivity index (χ2n) is 8.16. The molecule has 4 aromatic rings. The number of benzene rings is 3. The van der Waals surface area contributed by atoms with Gasteiger partial charge in [-0.1, -0.05) is 59.6 Å². The number of para-hydroxylation sites is 1. The van der Waals surface area contributed by atoms with E-state index < -0.39 is 10.8 Å². The molecule has 3 aromatic carbocycles. The Balaban J connectivity index is 1.43. The molecule has 0 saturated carbocycles. The summed E-state index contributed by atoms with van der Waals surface area (Å²) in [5, 5.41) is 12.5. The monoisotopic (exact) mass is 537 g/mol. The Bertz CT molecular complexity index is 1560. The number of rotatable bonds is 6. The molecule has 2 heterocycles. The highest BCUT2D eigenvalue weighted by Crippen LogP contribution is 2.35. The normalized spacial score (nSPS) is 14.8. The molecule has 1 fully saturated rings. The number of carbonyl (C=O) groups is 2. The van der Waals surface area contributed by atoms with Gasteiger partial charge in [0.1, 0.15) is 0 Å². The fraction of sp³-hybridized carbons (Fsp3) is 0.0769. The largest absolute Gasteiger partial charge is 0.342 e.